The van der Waals surface area contributed by atoms with Crippen molar-refractivity contribution in [1.82, 2.24) is 10.1 Å². The molecular formula is C17H15N3O3. The molecule has 2 heterocycles. The summed E-state index contributed by atoms with van der Waals surface area (Å²) >= 11 is 0. The van der Waals surface area contributed by atoms with E-state index >= 15 is 0 Å². The SMILES string of the molecule is COc1ccccc1Cc1ccc(C(=O)Nc2ccon2)cn1. The summed E-state index contributed by atoms with van der Waals surface area (Å²) in [4.78, 5) is 16.4. The quantitative estimate of drug-likeness (QED) is 0.784. The number of carbonyl (C=O) groups is 1. The van der Waals surface area contributed by atoms with Gasteiger partial charge in [-0.3, -0.25) is 9.78 Å². The highest BCUT2D eigenvalue weighted by atomic mass is 16.5. The topological polar surface area (TPSA) is 77.2 Å². The molecule has 0 aliphatic rings. The van der Waals surface area contributed by atoms with Crippen molar-refractivity contribution in [3.63, 3.8) is 0 Å². The van der Waals surface area contributed by atoms with E-state index in [-0.39, 0.29) is 5.91 Å². The highest BCUT2D eigenvalue weighted by Gasteiger charge is 2.09. The van der Waals surface area contributed by atoms with Crippen LogP contribution in [0.3, 0.4) is 0 Å². The van der Waals surface area contributed by atoms with Gasteiger partial charge in [0.05, 0.1) is 12.7 Å². The third-order valence-electron chi connectivity index (χ3n) is 3.33. The number of ether oxygens (including phenoxy) is 1. The van der Waals surface area contributed by atoms with Gasteiger partial charge in [-0.1, -0.05) is 23.4 Å². The van der Waals surface area contributed by atoms with Crippen LogP contribution in [0.2, 0.25) is 0 Å². The largest absolute Gasteiger partial charge is 0.496 e. The van der Waals surface area contributed by atoms with Crippen molar-refractivity contribution in [2.24, 2.45) is 0 Å². The minimum Gasteiger partial charge on any atom is -0.496 e. The average molecular weight is 309 g/mol. The zero-order valence-corrected chi connectivity index (χ0v) is 12.5. The van der Waals surface area contributed by atoms with E-state index in [1.165, 1.54) is 6.26 Å². The summed E-state index contributed by atoms with van der Waals surface area (Å²) in [6, 6.07) is 12.9. The first-order valence-electron chi connectivity index (χ1n) is 7.05. The Kier molecular flexibility index (Phi) is 4.33. The van der Waals surface area contributed by atoms with E-state index in [4.69, 9.17) is 4.74 Å². The van der Waals surface area contributed by atoms with Gasteiger partial charge in [-0.15, -0.1) is 0 Å². The lowest BCUT2D eigenvalue weighted by molar-refractivity contribution is 0.102. The summed E-state index contributed by atoms with van der Waals surface area (Å²) in [5.41, 5.74) is 2.35. The minimum absolute atomic E-state index is 0.282. The Hall–Kier alpha value is -3.15. The van der Waals surface area contributed by atoms with Crippen LogP contribution in [-0.4, -0.2) is 23.2 Å². The zero-order valence-electron chi connectivity index (χ0n) is 12.5. The standard InChI is InChI=1S/C17H15N3O3/c1-22-15-5-3-2-4-12(15)10-14-7-6-13(11-18-14)17(21)19-16-8-9-23-20-16/h2-9,11H,10H2,1H3,(H,19,20,21). The van der Waals surface area contributed by atoms with Gasteiger partial charge in [-0.05, 0) is 18.2 Å². The number of amides is 1. The van der Waals surface area contributed by atoms with Crippen LogP contribution in [-0.2, 0) is 6.42 Å². The van der Waals surface area contributed by atoms with Gasteiger partial charge >= 0.3 is 0 Å². The second kappa shape index (κ2) is 6.74. The Balaban J connectivity index is 1.70. The number of nitrogens with zero attached hydrogens (tertiary/aromatic N) is 2. The number of carbonyl (C=O) groups excluding carboxylic acids is 1. The van der Waals surface area contributed by atoms with Gasteiger partial charge in [0.1, 0.15) is 12.0 Å². The second-order valence-electron chi connectivity index (χ2n) is 4.87. The maximum Gasteiger partial charge on any atom is 0.258 e. The molecule has 1 amide bonds. The van der Waals surface area contributed by atoms with Gasteiger partial charge < -0.3 is 14.6 Å². The van der Waals surface area contributed by atoms with Crippen molar-refractivity contribution in [2.75, 3.05) is 12.4 Å². The van der Waals surface area contributed by atoms with Crippen LogP contribution >= 0.6 is 0 Å². The molecule has 0 aliphatic carbocycles. The number of para-hydroxylation sites is 1. The van der Waals surface area contributed by atoms with Crippen molar-refractivity contribution in [1.29, 1.82) is 0 Å². The Bertz CT molecular complexity index is 783. The number of aromatic nitrogens is 2. The molecule has 0 radical (unpaired) electrons. The molecule has 0 aliphatic heterocycles. The van der Waals surface area contributed by atoms with Crippen LogP contribution in [0.25, 0.3) is 0 Å². The molecule has 0 fully saturated rings. The Morgan fingerprint density at radius 3 is 2.78 bits per heavy atom. The Morgan fingerprint density at radius 2 is 2.09 bits per heavy atom. The number of anilines is 1. The van der Waals surface area contributed by atoms with Crippen molar-refractivity contribution in [3.8, 4) is 5.75 Å². The third kappa shape index (κ3) is 3.55. The fourth-order valence-corrected chi connectivity index (χ4v) is 2.17. The maximum atomic E-state index is 12.0. The Labute approximate surface area is 133 Å². The highest BCUT2D eigenvalue weighted by molar-refractivity contribution is 6.03. The molecule has 3 aromatic rings. The van der Waals surface area contributed by atoms with Gasteiger partial charge in [0, 0.05) is 29.9 Å². The van der Waals surface area contributed by atoms with E-state index in [9.17, 15) is 4.79 Å². The van der Waals surface area contributed by atoms with Gasteiger partial charge in [-0.2, -0.15) is 0 Å². The molecule has 0 saturated heterocycles. The Morgan fingerprint density at radius 1 is 1.22 bits per heavy atom. The number of rotatable bonds is 5. The number of nitrogens with one attached hydrogen (secondary N) is 1. The average Bonchev–Trinajstić information content (AvgIpc) is 3.09. The lowest BCUT2D eigenvalue weighted by atomic mass is 10.1. The second-order valence-corrected chi connectivity index (χ2v) is 4.87. The summed E-state index contributed by atoms with van der Waals surface area (Å²) in [7, 11) is 1.64. The van der Waals surface area contributed by atoms with E-state index in [1.54, 1.807) is 25.4 Å². The van der Waals surface area contributed by atoms with Crippen molar-refractivity contribution < 1.29 is 14.1 Å². The maximum absolute atomic E-state index is 12.0. The molecule has 2 aromatic heterocycles. The van der Waals surface area contributed by atoms with E-state index in [0.717, 1.165) is 17.0 Å². The molecule has 23 heavy (non-hydrogen) atoms. The molecule has 116 valence electrons. The molecule has 6 heteroatoms. The van der Waals surface area contributed by atoms with Crippen LogP contribution < -0.4 is 10.1 Å². The molecular weight excluding hydrogens is 294 g/mol. The summed E-state index contributed by atoms with van der Waals surface area (Å²) in [6.07, 6.45) is 3.57. The predicted molar refractivity (Wildman–Crippen MR) is 84.5 cm³/mol. The summed E-state index contributed by atoms with van der Waals surface area (Å²) < 4.78 is 10.00. The van der Waals surface area contributed by atoms with Crippen LogP contribution in [0.15, 0.2) is 59.4 Å². The van der Waals surface area contributed by atoms with E-state index in [1.807, 2.05) is 30.3 Å². The molecule has 1 aromatic carbocycles. The summed E-state index contributed by atoms with van der Waals surface area (Å²) in [6.45, 7) is 0. The molecule has 0 unspecified atom stereocenters. The first-order valence-corrected chi connectivity index (χ1v) is 7.05. The zero-order chi connectivity index (χ0) is 16.1. The number of benzene rings is 1. The van der Waals surface area contributed by atoms with Crippen LogP contribution in [0.4, 0.5) is 5.82 Å². The van der Waals surface area contributed by atoms with Crippen LogP contribution in [0.5, 0.6) is 5.75 Å². The molecule has 0 saturated carbocycles. The smallest absolute Gasteiger partial charge is 0.258 e. The fourth-order valence-electron chi connectivity index (χ4n) is 2.17. The lowest BCUT2D eigenvalue weighted by Gasteiger charge is -2.08. The van der Waals surface area contributed by atoms with Gasteiger partial charge in [0.15, 0.2) is 5.82 Å². The molecule has 0 spiro atoms. The number of pyridine rings is 1. The molecule has 3 rings (SSSR count). The van der Waals surface area contributed by atoms with E-state index < -0.39 is 0 Å². The first-order chi connectivity index (χ1) is 11.3. The fraction of sp³-hybridized carbons (Fsp3) is 0.118. The number of hydrogen-bond acceptors (Lipinski definition) is 5. The van der Waals surface area contributed by atoms with E-state index in [2.05, 4.69) is 20.0 Å². The van der Waals surface area contributed by atoms with Crippen molar-refractivity contribution in [3.05, 3.63) is 71.7 Å². The van der Waals surface area contributed by atoms with Crippen LogP contribution in [0, 0.1) is 0 Å². The highest BCUT2D eigenvalue weighted by Crippen LogP contribution is 2.20. The van der Waals surface area contributed by atoms with Crippen molar-refractivity contribution >= 4 is 11.7 Å². The lowest BCUT2D eigenvalue weighted by Crippen LogP contribution is -2.12. The molecule has 6 nitrogen and oxygen atoms in total. The summed E-state index contributed by atoms with van der Waals surface area (Å²) in [5, 5.41) is 6.25. The molecule has 0 atom stereocenters. The molecule has 0 bridgehead atoms. The number of methoxy groups -OCH3 is 1. The summed E-state index contributed by atoms with van der Waals surface area (Å²) in [5.74, 6) is 0.908. The van der Waals surface area contributed by atoms with E-state index in [0.29, 0.717) is 17.8 Å². The minimum atomic E-state index is -0.282. The first kappa shape index (κ1) is 14.8. The normalized spacial score (nSPS) is 10.3. The van der Waals surface area contributed by atoms with Crippen molar-refractivity contribution in [2.45, 2.75) is 6.42 Å². The third-order valence-corrected chi connectivity index (χ3v) is 3.33. The number of hydrogen-bond donors (Lipinski definition) is 1. The van der Waals surface area contributed by atoms with Gasteiger partial charge in [0.25, 0.3) is 5.91 Å². The molecule has 1 N–H and O–H groups in total. The monoisotopic (exact) mass is 309 g/mol. The predicted octanol–water partition coefficient (Wildman–Crippen LogP) is 2.92. The van der Waals surface area contributed by atoms with Crippen LogP contribution in [0.1, 0.15) is 21.6 Å². The van der Waals surface area contributed by atoms with Gasteiger partial charge in [-0.25, -0.2) is 0 Å². The van der Waals surface area contributed by atoms with Gasteiger partial charge in [0.2, 0.25) is 0 Å².